The van der Waals surface area contributed by atoms with Gasteiger partial charge < -0.3 is 20.7 Å². The molecule has 4 aromatic heterocycles. The number of carbonyl (C=O) groups is 2. The first-order chi connectivity index (χ1) is 19.7. The van der Waals surface area contributed by atoms with Crippen LogP contribution < -0.4 is 16.0 Å². The Bertz CT molecular complexity index is 1660. The van der Waals surface area contributed by atoms with Crippen LogP contribution in [0.1, 0.15) is 51.0 Å². The lowest BCUT2D eigenvalue weighted by Gasteiger charge is -2.41. The Kier molecular flexibility index (Phi) is 7.57. The molecule has 1 fully saturated rings. The topological polar surface area (TPSA) is 140 Å². The van der Waals surface area contributed by atoms with Gasteiger partial charge in [0.05, 0.1) is 53.6 Å². The highest BCUT2D eigenvalue weighted by Gasteiger charge is 2.40. The molecule has 3 N–H and O–H groups in total. The number of hydrogen-bond donors (Lipinski definition) is 3. The summed E-state index contributed by atoms with van der Waals surface area (Å²) in [5.41, 5.74) is -0.0189. The Morgan fingerprint density at radius 1 is 1.10 bits per heavy atom. The number of hydrogen-bond acceptors (Lipinski definition) is 7. The fourth-order valence-electron chi connectivity index (χ4n) is 4.93. The lowest BCUT2D eigenvalue weighted by Crippen LogP contribution is -2.39. The normalized spacial score (nSPS) is 15.7. The van der Waals surface area contributed by atoms with Crippen LogP contribution in [0.25, 0.3) is 11.5 Å². The molecule has 0 aliphatic heterocycles. The first-order valence-corrected chi connectivity index (χ1v) is 13.2. The Hall–Kier alpha value is -4.24. The van der Waals surface area contributed by atoms with Gasteiger partial charge >= 0.3 is 12.2 Å². The van der Waals surface area contributed by atoms with E-state index in [0.29, 0.717) is 11.3 Å². The third-order valence-electron chi connectivity index (χ3n) is 6.94. The third kappa shape index (κ3) is 6.01. The average molecular weight is 606 g/mol. The highest BCUT2D eigenvalue weighted by atomic mass is 35.5. The van der Waals surface area contributed by atoms with E-state index in [1.165, 1.54) is 36.3 Å². The van der Waals surface area contributed by atoms with E-state index in [-0.39, 0.29) is 39.5 Å². The fourth-order valence-corrected chi connectivity index (χ4v) is 5.10. The predicted octanol–water partition coefficient (Wildman–Crippen LogP) is 5.71. The molecule has 4 heterocycles. The van der Waals surface area contributed by atoms with Crippen molar-refractivity contribution in [3.05, 3.63) is 53.3 Å². The molecule has 3 amide bonds. The van der Waals surface area contributed by atoms with Gasteiger partial charge in [-0.25, -0.2) is 24.0 Å². The second kappa shape index (κ2) is 10.9. The van der Waals surface area contributed by atoms with Gasteiger partial charge in [0.15, 0.2) is 16.6 Å². The second-order valence-electron chi connectivity index (χ2n) is 10.8. The van der Waals surface area contributed by atoms with Crippen molar-refractivity contribution in [1.82, 2.24) is 29.4 Å². The molecule has 0 radical (unpaired) electrons. The van der Waals surface area contributed by atoms with E-state index in [4.69, 9.17) is 16.3 Å². The fraction of sp³-hybridized carbons (Fsp3) is 0.385. The molecule has 42 heavy (non-hydrogen) atoms. The minimum Gasteiger partial charge on any atom is -0.375 e. The van der Waals surface area contributed by atoms with Crippen molar-refractivity contribution in [2.75, 3.05) is 23.1 Å². The molecule has 222 valence electrons. The highest BCUT2D eigenvalue weighted by Crippen LogP contribution is 2.45. The predicted molar refractivity (Wildman–Crippen MR) is 148 cm³/mol. The quantitative estimate of drug-likeness (QED) is 0.245. The van der Waals surface area contributed by atoms with Crippen LogP contribution in [-0.2, 0) is 15.7 Å². The van der Waals surface area contributed by atoms with Crippen LogP contribution in [0.4, 0.5) is 35.0 Å². The number of methoxy groups -OCH3 is 1. The molecule has 1 aliphatic rings. The molecule has 0 aromatic carbocycles. The summed E-state index contributed by atoms with van der Waals surface area (Å²) in [5, 5.41) is 15.9. The maximum Gasteiger partial charge on any atom is 0.420 e. The van der Waals surface area contributed by atoms with Gasteiger partial charge in [-0.2, -0.15) is 23.4 Å². The summed E-state index contributed by atoms with van der Waals surface area (Å²) in [6.07, 6.45) is 0.993. The number of nitrogens with one attached hydrogen (secondary N) is 3. The summed E-state index contributed by atoms with van der Waals surface area (Å²) < 4.78 is 49.9. The SMILES string of the molecule is CO[C@@H](C)c1c(NC(=O)Nc2cnc(-n3cc(NC(=O)C4CC(C)(C)C4)cn3)c(C(F)(F)F)c2)cnc2cc(Cl)nn12. The number of alkyl halides is 3. The largest absolute Gasteiger partial charge is 0.420 e. The summed E-state index contributed by atoms with van der Waals surface area (Å²) in [4.78, 5) is 33.4. The summed E-state index contributed by atoms with van der Waals surface area (Å²) >= 11 is 5.99. The Labute approximate surface area is 242 Å². The standard InChI is InChI=1S/C26H27ClF3N9O3/c1-13(42-4)21-18(11-31-20-6-19(27)37-39(20)21)36-24(41)35-15-5-17(26(28,29)30)22(32-9-15)38-12-16(10-33-38)34-23(40)14-7-25(2,3)8-14/h5-6,9-14H,7-8H2,1-4H3,(H,34,40)(H2,35,36,41)/t13-/m0/s1. The van der Waals surface area contributed by atoms with Crippen LogP contribution in [0, 0.1) is 11.3 Å². The molecule has 1 atom stereocenters. The number of urea groups is 1. The Morgan fingerprint density at radius 3 is 2.50 bits per heavy atom. The van der Waals surface area contributed by atoms with Crippen LogP contribution in [0.15, 0.2) is 36.9 Å². The van der Waals surface area contributed by atoms with Crippen LogP contribution in [0.2, 0.25) is 5.15 Å². The molecule has 4 aromatic rings. The first kappa shape index (κ1) is 29.3. The zero-order valence-corrected chi connectivity index (χ0v) is 23.7. The van der Waals surface area contributed by atoms with Gasteiger partial charge in [0, 0.05) is 19.1 Å². The van der Waals surface area contributed by atoms with Crippen LogP contribution in [0.5, 0.6) is 0 Å². The lowest BCUT2D eigenvalue weighted by molar-refractivity contribution is -0.137. The minimum absolute atomic E-state index is 0.0909. The smallest absolute Gasteiger partial charge is 0.375 e. The van der Waals surface area contributed by atoms with Gasteiger partial charge in [-0.15, -0.1) is 0 Å². The molecule has 0 bridgehead atoms. The number of aromatic nitrogens is 6. The number of fused-ring (bicyclic) bond motifs is 1. The summed E-state index contributed by atoms with van der Waals surface area (Å²) in [6.45, 7) is 5.84. The molecule has 0 spiro atoms. The average Bonchev–Trinajstić information content (AvgIpc) is 3.51. The third-order valence-corrected chi connectivity index (χ3v) is 7.13. The first-order valence-electron chi connectivity index (χ1n) is 12.8. The van der Waals surface area contributed by atoms with E-state index in [1.54, 1.807) is 6.92 Å². The maximum absolute atomic E-state index is 14.1. The molecule has 1 aliphatic carbocycles. The molecule has 12 nitrogen and oxygen atoms in total. The Balaban J connectivity index is 1.35. The van der Waals surface area contributed by atoms with Crippen molar-refractivity contribution < 1.29 is 27.5 Å². The van der Waals surface area contributed by atoms with E-state index in [2.05, 4.69) is 50.0 Å². The second-order valence-corrected chi connectivity index (χ2v) is 11.2. The van der Waals surface area contributed by atoms with Crippen molar-refractivity contribution in [3.63, 3.8) is 0 Å². The number of rotatable bonds is 7. The van der Waals surface area contributed by atoms with Crippen molar-refractivity contribution in [2.24, 2.45) is 11.3 Å². The van der Waals surface area contributed by atoms with Gasteiger partial charge in [-0.1, -0.05) is 25.4 Å². The maximum atomic E-state index is 14.1. The van der Waals surface area contributed by atoms with Crippen molar-refractivity contribution in [1.29, 1.82) is 0 Å². The number of ether oxygens (including phenoxy) is 1. The van der Waals surface area contributed by atoms with Gasteiger partial charge in [0.2, 0.25) is 5.91 Å². The van der Waals surface area contributed by atoms with Crippen LogP contribution in [0.3, 0.4) is 0 Å². The van der Waals surface area contributed by atoms with Crippen molar-refractivity contribution in [3.8, 4) is 5.82 Å². The molecule has 0 unspecified atom stereocenters. The number of carbonyl (C=O) groups excluding carboxylic acids is 2. The van der Waals surface area contributed by atoms with Gasteiger partial charge in [-0.3, -0.25) is 4.79 Å². The van der Waals surface area contributed by atoms with Gasteiger partial charge in [0.25, 0.3) is 0 Å². The molecule has 1 saturated carbocycles. The van der Waals surface area contributed by atoms with Crippen molar-refractivity contribution >= 4 is 46.2 Å². The zero-order chi connectivity index (χ0) is 30.4. The lowest BCUT2D eigenvalue weighted by atomic mass is 9.64. The molecule has 5 rings (SSSR count). The minimum atomic E-state index is -4.83. The van der Waals surface area contributed by atoms with E-state index in [0.717, 1.165) is 29.8 Å². The number of nitrogens with zero attached hydrogens (tertiary/aromatic N) is 6. The molecule has 0 saturated heterocycles. The summed E-state index contributed by atoms with van der Waals surface area (Å²) in [7, 11) is 1.46. The molecular formula is C26H27ClF3N9O3. The highest BCUT2D eigenvalue weighted by molar-refractivity contribution is 6.29. The van der Waals surface area contributed by atoms with E-state index in [9.17, 15) is 22.8 Å². The number of anilines is 3. The van der Waals surface area contributed by atoms with E-state index >= 15 is 0 Å². The van der Waals surface area contributed by atoms with Crippen LogP contribution >= 0.6 is 11.6 Å². The Morgan fingerprint density at radius 2 is 1.83 bits per heavy atom. The molecule has 16 heteroatoms. The zero-order valence-electron chi connectivity index (χ0n) is 23.0. The monoisotopic (exact) mass is 605 g/mol. The van der Waals surface area contributed by atoms with E-state index < -0.39 is 29.7 Å². The number of amides is 3. The summed E-state index contributed by atoms with van der Waals surface area (Å²) in [5.74, 6) is -0.899. The van der Waals surface area contributed by atoms with Crippen molar-refractivity contribution in [2.45, 2.75) is 45.9 Å². The van der Waals surface area contributed by atoms with E-state index in [1.807, 2.05) is 0 Å². The van der Waals surface area contributed by atoms with Gasteiger partial charge in [0.1, 0.15) is 5.56 Å². The van der Waals surface area contributed by atoms with Gasteiger partial charge in [-0.05, 0) is 31.2 Å². The number of halogens is 4. The molecular weight excluding hydrogens is 579 g/mol. The number of pyridine rings is 1. The summed E-state index contributed by atoms with van der Waals surface area (Å²) in [6, 6.07) is 1.41. The van der Waals surface area contributed by atoms with Crippen LogP contribution in [-0.4, -0.2) is 48.4 Å².